The van der Waals surface area contributed by atoms with Crippen molar-refractivity contribution in [3.05, 3.63) is 0 Å². The van der Waals surface area contributed by atoms with E-state index in [4.69, 9.17) is 90.0 Å². The van der Waals surface area contributed by atoms with Crippen LogP contribution in [0.1, 0.15) is 41.5 Å². The van der Waals surface area contributed by atoms with Gasteiger partial charge in [0.2, 0.25) is 29.5 Å². The second-order valence-corrected chi connectivity index (χ2v) is 31.7. The molecule has 0 saturated carbocycles. The number of rotatable bonds is 32. The lowest BCUT2D eigenvalue weighted by Crippen LogP contribution is -2.71. The van der Waals surface area contributed by atoms with Gasteiger partial charge in [-0.15, -0.1) is 0 Å². The minimum atomic E-state index is -2.63. The van der Waals surface area contributed by atoms with Crippen LogP contribution >= 0.6 is 0 Å². The number of ether oxygens (including phenoxy) is 19. The second kappa shape index (κ2) is 44.9. The molecule has 0 aromatic heterocycles. The van der Waals surface area contributed by atoms with Gasteiger partial charge in [-0.3, -0.25) is 24.0 Å². The molecule has 10 aliphatic rings. The molecule has 10 fully saturated rings. The van der Waals surface area contributed by atoms with Crippen molar-refractivity contribution >= 4 is 29.5 Å². The molecule has 0 aliphatic carbocycles. The van der Waals surface area contributed by atoms with Crippen LogP contribution in [-0.2, 0) is 114 Å². The van der Waals surface area contributed by atoms with Crippen molar-refractivity contribution < 1.29 is 247 Å². The first kappa shape index (κ1) is 103. The van der Waals surface area contributed by atoms with Crippen molar-refractivity contribution in [2.24, 2.45) is 0 Å². The quantitative estimate of drug-likeness (QED) is 0.0297. The Bertz CT molecular complexity index is 3420. The van der Waals surface area contributed by atoms with Gasteiger partial charge in [-0.25, -0.2) is 0 Å². The van der Waals surface area contributed by atoms with Crippen LogP contribution in [0.5, 0.6) is 0 Å². The number of hydrogen-bond acceptors (Lipinski definition) is 50. The zero-order valence-electron chi connectivity index (χ0n) is 67.7. The number of carbonyl (C=O) groups is 5. The number of aliphatic hydroxyl groups is 26. The van der Waals surface area contributed by atoms with Gasteiger partial charge < -0.3 is 249 Å². The van der Waals surface area contributed by atoms with Crippen molar-refractivity contribution in [3.63, 3.8) is 0 Å². The van der Waals surface area contributed by atoms with Gasteiger partial charge in [0.25, 0.3) is 0 Å². The van der Waals surface area contributed by atoms with Crippen molar-refractivity contribution in [1.82, 2.24) is 26.6 Å². The van der Waals surface area contributed by atoms with Gasteiger partial charge in [0.15, 0.2) is 62.9 Å². The molecule has 31 N–H and O–H groups in total. The second-order valence-electron chi connectivity index (χ2n) is 31.7. The smallest absolute Gasteiger partial charge is 0.217 e. The summed E-state index contributed by atoms with van der Waals surface area (Å²) in [6, 6.07) is -9.40. The summed E-state index contributed by atoms with van der Waals surface area (Å²) in [6.07, 6.45) is -93.1. The van der Waals surface area contributed by atoms with E-state index in [2.05, 4.69) is 26.6 Å². The molecule has 0 spiro atoms. The highest BCUT2D eigenvalue weighted by Crippen LogP contribution is 2.41. The third-order valence-electron chi connectivity index (χ3n) is 22.8. The lowest BCUT2D eigenvalue weighted by Gasteiger charge is -2.51. The molecule has 0 aromatic rings. The van der Waals surface area contributed by atoms with E-state index in [0.717, 1.165) is 34.6 Å². The Morgan fingerprint density at radius 2 is 0.496 bits per heavy atom. The third-order valence-corrected chi connectivity index (χ3v) is 22.8. The highest BCUT2D eigenvalue weighted by Gasteiger charge is 2.62. The molecule has 55 heteroatoms. The van der Waals surface area contributed by atoms with Crippen molar-refractivity contribution in [2.45, 2.75) is 348 Å². The van der Waals surface area contributed by atoms with Gasteiger partial charge in [0, 0.05) is 34.6 Å². The Balaban J connectivity index is 0.989. The molecule has 10 rings (SSSR count). The van der Waals surface area contributed by atoms with Crippen LogP contribution in [0.15, 0.2) is 0 Å². The van der Waals surface area contributed by atoms with Gasteiger partial charge >= 0.3 is 0 Å². The van der Waals surface area contributed by atoms with Crippen molar-refractivity contribution in [2.75, 3.05) is 59.5 Å². The van der Waals surface area contributed by atoms with E-state index >= 15 is 0 Å². The topological polar surface area (TPSA) is 847 Å². The summed E-state index contributed by atoms with van der Waals surface area (Å²) in [5.74, 6) is -4.59. The molecule has 10 aliphatic heterocycles. The molecule has 50 atom stereocenters. The van der Waals surface area contributed by atoms with Crippen LogP contribution < -0.4 is 26.6 Å². The van der Waals surface area contributed by atoms with Crippen LogP contribution in [0, 0.1) is 0 Å². The average molecular weight is 1830 g/mol. The standard InChI is InChI=1S/C70H117N5O50/c1-16-36(88)47(99)51(103)66(109-16)107-15-30-57(43(95)31(61(106)110-30)71-17(2)83)120-63-33(73-19(4)85)45(97)56(28(13-82)115-63)122-68-53(105)58(123-70-60(50(102)40(92)25(10-79)114-70)125-65-34(74-20(5)86)44(96)54(26(11-80)116-65)119-62-32(72-18(3)84)42(94)37(89)22(7-76)111-62)41(93)29(118-68)14-108-69-59(49(101)39(91)24(9-78)113-69)124-64-35(75-21(6)87)46(98)55(27(12-81)117-64)121-67-52(104)48(100)38(90)23(8-77)112-67/h16,22-70,76-82,88-106H,7-15H2,1-6H3,(H,71,83)(H,72,84)(H,73,85)(H,74,86)(H,75,87)/t16-,22+,23+,24+,25+,26+,27+,28+,29+,30+,31+,32+,33+,34+,35+,36+,37-,38-,39+,40+,41+,42+,43+,44+,45+,46+,47+,48-,49-,50-,51-,52+,53-,54+,55+,56+,57+,58-,59-,60-,61?,62-,63-,64-,65-,66+,67-,68-,69-,70+/m0/s1. The summed E-state index contributed by atoms with van der Waals surface area (Å²) >= 11 is 0. The number of amides is 5. The van der Waals surface area contributed by atoms with Crippen molar-refractivity contribution in [1.29, 1.82) is 0 Å². The zero-order chi connectivity index (χ0) is 92.1. The average Bonchev–Trinajstić information content (AvgIpc) is 0.765. The maximum Gasteiger partial charge on any atom is 0.217 e. The summed E-state index contributed by atoms with van der Waals surface area (Å²) in [6.45, 7) is -3.86. The maximum absolute atomic E-state index is 13.3. The van der Waals surface area contributed by atoms with E-state index in [0.29, 0.717) is 0 Å². The highest BCUT2D eigenvalue weighted by molar-refractivity contribution is 5.75. The summed E-state index contributed by atoms with van der Waals surface area (Å²) in [4.78, 5) is 64.2. The van der Waals surface area contributed by atoms with Gasteiger partial charge in [0.1, 0.15) is 238 Å². The lowest BCUT2D eigenvalue weighted by atomic mass is 9.93. The zero-order valence-corrected chi connectivity index (χ0v) is 67.7. The van der Waals surface area contributed by atoms with Gasteiger partial charge in [-0.05, 0) is 6.92 Å². The first-order valence-corrected chi connectivity index (χ1v) is 40.0. The number of carbonyl (C=O) groups excluding carboxylic acids is 5. The van der Waals surface area contributed by atoms with Gasteiger partial charge in [-0.1, -0.05) is 0 Å². The highest BCUT2D eigenvalue weighted by atomic mass is 16.8. The first-order valence-electron chi connectivity index (χ1n) is 40.0. The lowest BCUT2D eigenvalue weighted by molar-refractivity contribution is -0.398. The minimum Gasteiger partial charge on any atom is -0.394 e. The molecule has 55 nitrogen and oxygen atoms in total. The van der Waals surface area contributed by atoms with E-state index < -0.39 is 396 Å². The predicted octanol–water partition coefficient (Wildman–Crippen LogP) is -21.1. The van der Waals surface area contributed by atoms with E-state index in [1.54, 1.807) is 0 Å². The predicted molar refractivity (Wildman–Crippen MR) is 386 cm³/mol. The fourth-order valence-corrected chi connectivity index (χ4v) is 16.2. The molecule has 125 heavy (non-hydrogen) atoms. The molecule has 10 saturated heterocycles. The molecular weight excluding hydrogens is 1710 g/mol. The fraction of sp³-hybridized carbons (Fsp3) is 0.929. The van der Waals surface area contributed by atoms with E-state index in [9.17, 15) is 157 Å². The molecule has 0 bridgehead atoms. The largest absolute Gasteiger partial charge is 0.394 e. The Labute approximate surface area is 708 Å². The maximum atomic E-state index is 13.3. The van der Waals surface area contributed by atoms with Crippen LogP contribution in [0.25, 0.3) is 0 Å². The molecule has 0 radical (unpaired) electrons. The van der Waals surface area contributed by atoms with Crippen molar-refractivity contribution in [3.8, 4) is 0 Å². The van der Waals surface area contributed by atoms with Crippen LogP contribution in [0.3, 0.4) is 0 Å². The summed E-state index contributed by atoms with van der Waals surface area (Å²) < 4.78 is 114. The molecular formula is C70H117N5O50. The summed E-state index contributed by atoms with van der Waals surface area (Å²) in [5.41, 5.74) is 0. The molecule has 722 valence electrons. The fourth-order valence-electron chi connectivity index (χ4n) is 16.2. The Morgan fingerprint density at radius 3 is 0.912 bits per heavy atom. The number of aliphatic hydroxyl groups excluding tert-OH is 26. The monoisotopic (exact) mass is 1830 g/mol. The first-order chi connectivity index (χ1) is 59.1. The van der Waals surface area contributed by atoms with Gasteiger partial charge in [-0.2, -0.15) is 0 Å². The minimum absolute atomic E-state index is 0.822. The van der Waals surface area contributed by atoms with E-state index in [-0.39, 0.29) is 0 Å². The molecule has 10 heterocycles. The molecule has 5 amide bonds. The van der Waals surface area contributed by atoms with E-state index in [1.165, 1.54) is 6.92 Å². The summed E-state index contributed by atoms with van der Waals surface area (Å²) in [5, 5.41) is 304. The third kappa shape index (κ3) is 23.1. The normalized spacial score (nSPS) is 48.7. The Hall–Kier alpha value is -4.45. The van der Waals surface area contributed by atoms with Gasteiger partial charge in [0.05, 0.1) is 65.6 Å². The Kier molecular flexibility index (Phi) is 36.8. The van der Waals surface area contributed by atoms with Crippen LogP contribution in [-0.4, -0.2) is 529 Å². The molecule has 0 aromatic carbocycles. The van der Waals surface area contributed by atoms with E-state index in [1.807, 2.05) is 0 Å². The SMILES string of the molecule is CC(=O)N[C@H]1[C@H](O[C@H]2[C@H](O)[C@@H](NC(C)=O)C(O)O[C@@H]2CO[C@@H]2O[C@@H](C)[C@@H](O)[C@@H](O)[C@@H]2O)O[C@H](CO)[C@@H](O[C@@H]2O[C@H](CO[C@H]3O[C@H](CO)[C@@H](O)[C@H](O)[C@@H]3O[C@@H]3O[C@H](CO)[C@@H](O[C@@H]4O[C@H](CO)[C@H](O)[C@H](O)[C@H]4O)[C@H](O)[C@H]3NC(C)=O)[C@@H](O)[C@H](O[C@H]3O[C@H](CO)[C@@H](O)[C@H](O)[C@@H]3O[C@@H]3O[C@H](CO)[C@@H](O[C@@H]4O[C@H](CO)[C@H](O)[C@H](O)[C@H]4NC(C)=O)[C@H](O)[C@H]3NC(C)=O)[C@@H]2O)[C@@H]1O. The summed E-state index contributed by atoms with van der Waals surface area (Å²) in [7, 11) is 0. The number of nitrogens with one attached hydrogen (secondary N) is 5. The molecule has 1 unspecified atom stereocenters. The van der Waals surface area contributed by atoms with Crippen LogP contribution in [0.2, 0.25) is 0 Å². The van der Waals surface area contributed by atoms with Crippen LogP contribution in [0.4, 0.5) is 0 Å². The Morgan fingerprint density at radius 1 is 0.224 bits per heavy atom. The number of hydrogen-bond donors (Lipinski definition) is 31.